The SMILES string of the molecule is CCCCS(=O)(=O)c1nc2c(c(=O)n(CCC(C)O)c(=O)n2C)n1Cc1ccc(Cl)cc1. The van der Waals surface area contributed by atoms with Gasteiger partial charge in [-0.1, -0.05) is 37.1 Å². The average molecular weight is 483 g/mol. The molecule has 1 unspecified atom stereocenters. The van der Waals surface area contributed by atoms with Gasteiger partial charge in [0.25, 0.3) is 5.56 Å². The fourth-order valence-electron chi connectivity index (χ4n) is 3.45. The van der Waals surface area contributed by atoms with Crippen LogP contribution in [0.15, 0.2) is 39.0 Å². The zero-order valence-corrected chi connectivity index (χ0v) is 19.9. The van der Waals surface area contributed by atoms with Crippen molar-refractivity contribution < 1.29 is 13.5 Å². The molecule has 0 aliphatic heterocycles. The van der Waals surface area contributed by atoms with Crippen LogP contribution in [0.25, 0.3) is 11.2 Å². The molecule has 0 spiro atoms. The quantitative estimate of drug-likeness (QED) is 0.498. The third kappa shape index (κ3) is 4.82. The van der Waals surface area contributed by atoms with E-state index in [0.29, 0.717) is 17.9 Å². The van der Waals surface area contributed by atoms with Crippen LogP contribution in [-0.2, 0) is 30.0 Å². The molecule has 0 aliphatic rings. The number of aryl methyl sites for hydroxylation is 1. The Morgan fingerprint density at radius 3 is 2.41 bits per heavy atom. The number of unbranched alkanes of at least 4 members (excludes halogenated alkanes) is 1. The van der Waals surface area contributed by atoms with E-state index < -0.39 is 27.2 Å². The lowest BCUT2D eigenvalue weighted by molar-refractivity contribution is 0.177. The molecule has 11 heteroatoms. The van der Waals surface area contributed by atoms with Crippen LogP contribution in [0.4, 0.5) is 0 Å². The molecule has 0 saturated heterocycles. The second kappa shape index (κ2) is 9.60. The van der Waals surface area contributed by atoms with Gasteiger partial charge in [-0.3, -0.25) is 13.9 Å². The van der Waals surface area contributed by atoms with Gasteiger partial charge in [0.1, 0.15) is 0 Å². The number of aliphatic hydroxyl groups is 1. The third-order valence-electron chi connectivity index (χ3n) is 5.27. The Hall–Kier alpha value is -2.43. The van der Waals surface area contributed by atoms with Gasteiger partial charge in [-0.2, -0.15) is 4.98 Å². The number of halogens is 1. The summed E-state index contributed by atoms with van der Waals surface area (Å²) in [7, 11) is -2.36. The van der Waals surface area contributed by atoms with E-state index in [0.717, 1.165) is 10.1 Å². The van der Waals surface area contributed by atoms with Gasteiger partial charge in [0.05, 0.1) is 18.4 Å². The minimum absolute atomic E-state index is 0.00313. The summed E-state index contributed by atoms with van der Waals surface area (Å²) >= 11 is 5.97. The third-order valence-corrected chi connectivity index (χ3v) is 7.21. The lowest BCUT2D eigenvalue weighted by Gasteiger charge is -2.12. The number of aromatic nitrogens is 4. The lowest BCUT2D eigenvalue weighted by atomic mass is 10.2. The number of aliphatic hydroxyl groups excluding tert-OH is 1. The first-order valence-corrected chi connectivity index (χ1v) is 12.4. The molecule has 0 saturated carbocycles. The Balaban J connectivity index is 2.31. The Kier molecular flexibility index (Phi) is 7.26. The summed E-state index contributed by atoms with van der Waals surface area (Å²) in [6.45, 7) is 3.52. The van der Waals surface area contributed by atoms with Gasteiger partial charge in [-0.05, 0) is 37.5 Å². The minimum atomic E-state index is -3.81. The van der Waals surface area contributed by atoms with E-state index >= 15 is 0 Å². The summed E-state index contributed by atoms with van der Waals surface area (Å²) in [6, 6.07) is 6.84. The highest BCUT2D eigenvalue weighted by molar-refractivity contribution is 7.91. The number of fused-ring (bicyclic) bond motifs is 1. The average Bonchev–Trinajstić information content (AvgIpc) is 3.12. The molecule has 0 amide bonds. The van der Waals surface area contributed by atoms with E-state index in [4.69, 9.17) is 11.6 Å². The van der Waals surface area contributed by atoms with Crippen LogP contribution in [-0.4, -0.2) is 44.1 Å². The molecule has 0 radical (unpaired) electrons. The van der Waals surface area contributed by atoms with Crippen LogP contribution < -0.4 is 11.2 Å². The highest BCUT2D eigenvalue weighted by Crippen LogP contribution is 2.21. The van der Waals surface area contributed by atoms with E-state index in [1.807, 2.05) is 6.92 Å². The van der Waals surface area contributed by atoms with Crippen molar-refractivity contribution in [3.63, 3.8) is 0 Å². The van der Waals surface area contributed by atoms with Crippen LogP contribution in [0.1, 0.15) is 38.7 Å². The molecule has 32 heavy (non-hydrogen) atoms. The highest BCUT2D eigenvalue weighted by atomic mass is 35.5. The molecule has 2 aromatic heterocycles. The largest absolute Gasteiger partial charge is 0.393 e. The van der Waals surface area contributed by atoms with E-state index in [2.05, 4.69) is 4.98 Å². The van der Waals surface area contributed by atoms with Gasteiger partial charge in [0.15, 0.2) is 11.2 Å². The smallest absolute Gasteiger partial charge is 0.332 e. The summed E-state index contributed by atoms with van der Waals surface area (Å²) < 4.78 is 29.8. The monoisotopic (exact) mass is 482 g/mol. The molecule has 1 atom stereocenters. The van der Waals surface area contributed by atoms with Crippen molar-refractivity contribution in [3.05, 3.63) is 55.7 Å². The Morgan fingerprint density at radius 1 is 1.16 bits per heavy atom. The van der Waals surface area contributed by atoms with E-state index in [1.165, 1.54) is 16.2 Å². The summed E-state index contributed by atoms with van der Waals surface area (Å²) in [5.41, 5.74) is -0.483. The van der Waals surface area contributed by atoms with Gasteiger partial charge in [0.2, 0.25) is 15.0 Å². The summed E-state index contributed by atoms with van der Waals surface area (Å²) in [5.74, 6) is -0.113. The van der Waals surface area contributed by atoms with Gasteiger partial charge in [-0.25, -0.2) is 13.2 Å². The predicted molar refractivity (Wildman–Crippen MR) is 123 cm³/mol. The van der Waals surface area contributed by atoms with Crippen molar-refractivity contribution in [1.29, 1.82) is 0 Å². The van der Waals surface area contributed by atoms with Crippen molar-refractivity contribution in [2.24, 2.45) is 7.05 Å². The van der Waals surface area contributed by atoms with Crippen LogP contribution in [0.3, 0.4) is 0 Å². The van der Waals surface area contributed by atoms with Crippen LogP contribution in [0.2, 0.25) is 5.02 Å². The van der Waals surface area contributed by atoms with Crippen molar-refractivity contribution in [2.75, 3.05) is 5.75 Å². The van der Waals surface area contributed by atoms with Crippen molar-refractivity contribution in [2.45, 2.75) is 57.5 Å². The molecular formula is C21H27ClN4O5S. The number of nitrogens with zero attached hydrogens (tertiary/aromatic N) is 4. The molecule has 9 nitrogen and oxygen atoms in total. The lowest BCUT2D eigenvalue weighted by Crippen LogP contribution is -2.40. The summed E-state index contributed by atoms with van der Waals surface area (Å²) in [4.78, 5) is 30.4. The maximum atomic E-state index is 13.3. The number of imidazole rings is 1. The topological polar surface area (TPSA) is 116 Å². The van der Waals surface area contributed by atoms with Gasteiger partial charge in [0, 0.05) is 18.6 Å². The molecular weight excluding hydrogens is 456 g/mol. The maximum Gasteiger partial charge on any atom is 0.332 e. The zero-order chi connectivity index (χ0) is 23.6. The molecule has 0 aliphatic carbocycles. The second-order valence-electron chi connectivity index (χ2n) is 7.89. The first-order chi connectivity index (χ1) is 15.1. The van der Waals surface area contributed by atoms with E-state index in [1.54, 1.807) is 31.2 Å². The van der Waals surface area contributed by atoms with E-state index in [9.17, 15) is 23.1 Å². The molecule has 3 aromatic rings. The zero-order valence-electron chi connectivity index (χ0n) is 18.3. The van der Waals surface area contributed by atoms with Crippen molar-refractivity contribution in [1.82, 2.24) is 18.7 Å². The van der Waals surface area contributed by atoms with Crippen LogP contribution in [0.5, 0.6) is 0 Å². The van der Waals surface area contributed by atoms with Crippen molar-refractivity contribution >= 4 is 32.6 Å². The normalized spacial score (nSPS) is 13.0. The van der Waals surface area contributed by atoms with Gasteiger partial charge < -0.3 is 9.67 Å². The second-order valence-corrected chi connectivity index (χ2v) is 10.3. The molecule has 3 rings (SSSR count). The Labute approximate surface area is 190 Å². The van der Waals surface area contributed by atoms with Crippen LogP contribution in [0, 0.1) is 0 Å². The van der Waals surface area contributed by atoms with Crippen LogP contribution >= 0.6 is 11.6 Å². The van der Waals surface area contributed by atoms with E-state index in [-0.39, 0.29) is 41.6 Å². The first-order valence-electron chi connectivity index (χ1n) is 10.4. The molecule has 2 heterocycles. The number of rotatable bonds is 9. The molecule has 174 valence electrons. The number of hydrogen-bond donors (Lipinski definition) is 1. The minimum Gasteiger partial charge on any atom is -0.393 e. The van der Waals surface area contributed by atoms with Gasteiger partial charge >= 0.3 is 5.69 Å². The Bertz CT molecular complexity index is 1340. The number of sulfone groups is 1. The molecule has 1 N–H and O–H groups in total. The molecule has 0 bridgehead atoms. The number of hydrogen-bond acceptors (Lipinski definition) is 6. The molecule has 1 aromatic carbocycles. The summed E-state index contributed by atoms with van der Waals surface area (Å²) in [6.07, 6.45) is 0.630. The Morgan fingerprint density at radius 2 is 1.81 bits per heavy atom. The predicted octanol–water partition coefficient (Wildman–Crippen LogP) is 1.94. The van der Waals surface area contributed by atoms with Crippen molar-refractivity contribution in [3.8, 4) is 0 Å². The highest BCUT2D eigenvalue weighted by Gasteiger charge is 2.27. The first kappa shape index (κ1) is 24.2. The maximum absolute atomic E-state index is 13.3. The fraction of sp³-hybridized carbons (Fsp3) is 0.476. The standard InChI is InChI=1S/C21H27ClN4O5S/c1-4-5-12-32(30,31)20-23-18-17(26(20)13-15-6-8-16(22)9-7-15)19(28)25(11-10-14(2)27)21(29)24(18)3/h6-9,14,27H,4-5,10-13H2,1-3H3. The number of benzene rings is 1. The fourth-order valence-corrected chi connectivity index (χ4v) is 5.14. The van der Waals surface area contributed by atoms with Gasteiger partial charge in [-0.15, -0.1) is 0 Å². The summed E-state index contributed by atoms with van der Waals surface area (Å²) in [5, 5.41) is 9.90. The molecule has 0 fully saturated rings.